The number of aryl methyl sites for hydroxylation is 1. The van der Waals surface area contributed by atoms with E-state index in [0.29, 0.717) is 24.8 Å². The van der Waals surface area contributed by atoms with Crippen molar-refractivity contribution in [3.05, 3.63) is 95.5 Å². The van der Waals surface area contributed by atoms with Gasteiger partial charge in [-0.1, -0.05) is 74.0 Å². The van der Waals surface area contributed by atoms with Gasteiger partial charge in [0.25, 0.3) is 0 Å². The van der Waals surface area contributed by atoms with Gasteiger partial charge in [0.15, 0.2) is 0 Å². The summed E-state index contributed by atoms with van der Waals surface area (Å²) in [6, 6.07) is 20.3. The maximum atomic E-state index is 15.1. The fourth-order valence-corrected chi connectivity index (χ4v) is 6.10. The van der Waals surface area contributed by atoms with Crippen LogP contribution in [0.15, 0.2) is 83.5 Å². The Hall–Kier alpha value is -3.49. The molecule has 8 heteroatoms. The molecule has 1 atom stereocenters. The van der Waals surface area contributed by atoms with Crippen LogP contribution in [0.1, 0.15) is 43.7 Å². The van der Waals surface area contributed by atoms with Crippen LogP contribution in [0.25, 0.3) is 16.7 Å². The fraction of sp³-hybridized carbons (Fsp3) is 0.276. The number of nitrogens with one attached hydrogen (secondary N) is 1. The minimum atomic E-state index is -4.25. The van der Waals surface area contributed by atoms with E-state index in [0.717, 1.165) is 18.1 Å². The van der Waals surface area contributed by atoms with Crippen molar-refractivity contribution in [3.8, 4) is 11.1 Å². The molecular weight excluding hydrogens is 493 g/mol. The largest absolute Gasteiger partial charge is 0.511 e. The predicted molar refractivity (Wildman–Crippen MR) is 141 cm³/mol. The number of ether oxygens (including phenoxy) is 1. The summed E-state index contributed by atoms with van der Waals surface area (Å²) >= 11 is 0. The summed E-state index contributed by atoms with van der Waals surface area (Å²) < 4.78 is 49.7. The van der Waals surface area contributed by atoms with Crippen molar-refractivity contribution >= 4 is 21.6 Å². The molecule has 0 fully saturated rings. The van der Waals surface area contributed by atoms with E-state index in [1.165, 1.54) is 13.1 Å². The van der Waals surface area contributed by atoms with Gasteiger partial charge in [0, 0.05) is 17.5 Å². The summed E-state index contributed by atoms with van der Waals surface area (Å²) in [4.78, 5) is 13.0. The third-order valence-corrected chi connectivity index (χ3v) is 8.18. The highest BCUT2D eigenvalue weighted by atomic mass is 32.2. The quantitative estimate of drug-likeness (QED) is 0.347. The number of carbonyl (C=O) groups excluding carboxylic acids is 1. The molecule has 0 amide bonds. The number of esters is 1. The number of rotatable bonds is 9. The van der Waals surface area contributed by atoms with Crippen molar-refractivity contribution in [1.29, 1.82) is 0 Å². The van der Waals surface area contributed by atoms with E-state index in [1.54, 1.807) is 30.3 Å². The van der Waals surface area contributed by atoms with Crippen LogP contribution < -0.4 is 4.72 Å². The molecule has 194 valence electrons. The number of aliphatic hydroxyl groups is 1. The number of hydrogen-bond acceptors (Lipinski definition) is 5. The lowest BCUT2D eigenvalue weighted by Crippen LogP contribution is -2.40. The Morgan fingerprint density at radius 3 is 2.24 bits per heavy atom. The highest BCUT2D eigenvalue weighted by molar-refractivity contribution is 7.89. The van der Waals surface area contributed by atoms with Crippen LogP contribution in [-0.2, 0) is 26.0 Å². The molecule has 1 unspecified atom stereocenters. The molecule has 0 radical (unpaired) electrons. The molecule has 2 N–H and O–H groups in total. The van der Waals surface area contributed by atoms with Crippen molar-refractivity contribution in [3.63, 3.8) is 0 Å². The second-order valence-electron chi connectivity index (χ2n) is 9.18. The minimum Gasteiger partial charge on any atom is -0.511 e. The molecule has 3 aromatic rings. The Bertz CT molecular complexity index is 1420. The lowest BCUT2D eigenvalue weighted by Gasteiger charge is -2.37. The molecule has 3 aromatic carbocycles. The molecule has 0 aliphatic carbocycles. The van der Waals surface area contributed by atoms with E-state index < -0.39 is 32.3 Å². The van der Waals surface area contributed by atoms with Gasteiger partial charge in [-0.25, -0.2) is 22.3 Å². The van der Waals surface area contributed by atoms with Crippen LogP contribution in [0.4, 0.5) is 4.39 Å². The molecule has 6 nitrogen and oxygen atoms in total. The zero-order valence-electron chi connectivity index (χ0n) is 20.8. The lowest BCUT2D eigenvalue weighted by atomic mass is 9.83. The smallest absolute Gasteiger partial charge is 0.342 e. The summed E-state index contributed by atoms with van der Waals surface area (Å²) in [7, 11) is -3.04. The standard InChI is InChI=1S/C29H30FNO5S/c1-3-17-29(18-16-20-10-6-4-7-11-20)19-24(32)26(28(33)36-29)22-14-15-23(30)25(21-12-8-5-9-13-21)27(22)37(34,35)31-2/h4-15,31-32H,3,16-19H2,1-2H3. The van der Waals surface area contributed by atoms with Gasteiger partial charge in [-0.05, 0) is 49.6 Å². The van der Waals surface area contributed by atoms with Crippen LogP contribution in [0, 0.1) is 5.82 Å². The van der Waals surface area contributed by atoms with E-state index in [9.17, 15) is 18.3 Å². The fourth-order valence-electron chi connectivity index (χ4n) is 4.95. The van der Waals surface area contributed by atoms with Gasteiger partial charge in [-0.2, -0.15) is 0 Å². The number of hydrogen-bond donors (Lipinski definition) is 2. The Kier molecular flexibility index (Phi) is 7.80. The van der Waals surface area contributed by atoms with Crippen LogP contribution in [0.2, 0.25) is 0 Å². The SMILES string of the molecule is CCCC1(CCc2ccccc2)CC(O)=C(c2ccc(F)c(-c3ccccc3)c2S(=O)(=O)NC)C(=O)O1. The third kappa shape index (κ3) is 5.45. The second kappa shape index (κ2) is 10.9. The molecule has 0 bridgehead atoms. The number of carbonyl (C=O) groups is 1. The molecule has 4 rings (SSSR count). The number of cyclic esters (lactones) is 1. The number of aliphatic hydroxyl groups excluding tert-OH is 1. The number of halogens is 1. The van der Waals surface area contributed by atoms with Crippen molar-refractivity contribution in [2.45, 2.75) is 49.5 Å². The highest BCUT2D eigenvalue weighted by Gasteiger charge is 2.43. The van der Waals surface area contributed by atoms with E-state index >= 15 is 4.39 Å². The lowest BCUT2D eigenvalue weighted by molar-refractivity contribution is -0.157. The zero-order valence-corrected chi connectivity index (χ0v) is 21.6. The molecule has 0 saturated carbocycles. The topological polar surface area (TPSA) is 92.7 Å². The summed E-state index contributed by atoms with van der Waals surface area (Å²) in [6.45, 7) is 1.97. The molecule has 0 aromatic heterocycles. The Balaban J connectivity index is 1.84. The Morgan fingerprint density at radius 2 is 1.65 bits per heavy atom. The second-order valence-corrected chi connectivity index (χ2v) is 11.0. The monoisotopic (exact) mass is 523 g/mol. The predicted octanol–water partition coefficient (Wildman–Crippen LogP) is 5.79. The maximum absolute atomic E-state index is 15.1. The van der Waals surface area contributed by atoms with Gasteiger partial charge in [-0.3, -0.25) is 0 Å². The molecule has 37 heavy (non-hydrogen) atoms. The van der Waals surface area contributed by atoms with E-state index in [4.69, 9.17) is 4.74 Å². The zero-order chi connectivity index (χ0) is 26.6. The average molecular weight is 524 g/mol. The number of sulfonamides is 1. The first-order valence-corrected chi connectivity index (χ1v) is 13.7. The van der Waals surface area contributed by atoms with Crippen LogP contribution in [-0.4, -0.2) is 32.1 Å². The summed E-state index contributed by atoms with van der Waals surface area (Å²) in [5.41, 5.74) is -0.0860. The molecule has 1 aliphatic rings. The molecule has 0 saturated heterocycles. The molecule has 1 heterocycles. The highest BCUT2D eigenvalue weighted by Crippen LogP contribution is 2.43. The van der Waals surface area contributed by atoms with E-state index in [2.05, 4.69) is 4.72 Å². The van der Waals surface area contributed by atoms with Gasteiger partial charge in [-0.15, -0.1) is 0 Å². The van der Waals surface area contributed by atoms with Gasteiger partial charge >= 0.3 is 5.97 Å². The molecule has 0 spiro atoms. The van der Waals surface area contributed by atoms with Gasteiger partial charge in [0.1, 0.15) is 27.6 Å². The van der Waals surface area contributed by atoms with Crippen LogP contribution in [0.5, 0.6) is 0 Å². The van der Waals surface area contributed by atoms with Crippen molar-refractivity contribution < 1.29 is 27.4 Å². The van der Waals surface area contributed by atoms with Crippen molar-refractivity contribution in [2.24, 2.45) is 0 Å². The Morgan fingerprint density at radius 1 is 1.00 bits per heavy atom. The van der Waals surface area contributed by atoms with E-state index in [-0.39, 0.29) is 28.9 Å². The van der Waals surface area contributed by atoms with Gasteiger partial charge in [0.05, 0.1) is 0 Å². The van der Waals surface area contributed by atoms with Crippen molar-refractivity contribution in [2.75, 3.05) is 7.05 Å². The van der Waals surface area contributed by atoms with Crippen LogP contribution in [0.3, 0.4) is 0 Å². The summed E-state index contributed by atoms with van der Waals surface area (Å²) in [5.74, 6) is -1.87. The summed E-state index contributed by atoms with van der Waals surface area (Å²) in [5, 5.41) is 11.2. The van der Waals surface area contributed by atoms with Crippen LogP contribution >= 0.6 is 0 Å². The third-order valence-electron chi connectivity index (χ3n) is 6.69. The van der Waals surface area contributed by atoms with Gasteiger partial charge < -0.3 is 9.84 Å². The normalized spacial score (nSPS) is 18.1. The molecular formula is C29H30FNO5S. The van der Waals surface area contributed by atoms with E-state index in [1.807, 2.05) is 37.3 Å². The Labute approximate surface area is 216 Å². The number of benzene rings is 3. The average Bonchev–Trinajstić information content (AvgIpc) is 2.89. The molecule has 1 aliphatic heterocycles. The first kappa shape index (κ1) is 26.6. The van der Waals surface area contributed by atoms with Crippen molar-refractivity contribution in [1.82, 2.24) is 4.72 Å². The summed E-state index contributed by atoms with van der Waals surface area (Å²) in [6.07, 6.45) is 2.42. The maximum Gasteiger partial charge on any atom is 0.342 e. The minimum absolute atomic E-state index is 0.0336. The first-order chi connectivity index (χ1) is 17.7. The van der Waals surface area contributed by atoms with Gasteiger partial charge in [0.2, 0.25) is 10.0 Å². The first-order valence-electron chi connectivity index (χ1n) is 12.2.